The number of aryl methyl sites for hydroxylation is 1. The Kier molecular flexibility index (Phi) is 5.15. The summed E-state index contributed by atoms with van der Waals surface area (Å²) in [6.07, 6.45) is 1.53. The minimum atomic E-state index is -3.78. The Bertz CT molecular complexity index is 1380. The molecule has 0 saturated heterocycles. The first kappa shape index (κ1) is 20.8. The maximum Gasteiger partial charge on any atom is 0.241 e. The summed E-state index contributed by atoms with van der Waals surface area (Å²) in [5.74, 6) is 0.286. The van der Waals surface area contributed by atoms with Crippen LogP contribution in [0.25, 0.3) is 22.4 Å². The standard InChI is InChI=1S/C20H20FN7O2S/c1-11(2)28-12(3)24-18-17(28)10-16(26-19(18)21)15-8-9-23-20(27-15)25-13-4-6-14(7-5-13)31(22,29)30/h4-11H,1-3H3,(H2,22,29,30)(H,23,25,27). The van der Waals surface area contributed by atoms with E-state index in [0.29, 0.717) is 28.4 Å². The number of hydrogen-bond donors (Lipinski definition) is 2. The maximum atomic E-state index is 14.7. The molecular formula is C20H20FN7O2S. The van der Waals surface area contributed by atoms with E-state index >= 15 is 0 Å². The van der Waals surface area contributed by atoms with Gasteiger partial charge in [0.1, 0.15) is 11.3 Å². The van der Waals surface area contributed by atoms with Gasteiger partial charge in [0.05, 0.1) is 21.8 Å². The van der Waals surface area contributed by atoms with Crippen molar-refractivity contribution in [3.63, 3.8) is 0 Å². The van der Waals surface area contributed by atoms with Crippen LogP contribution in [0.3, 0.4) is 0 Å². The van der Waals surface area contributed by atoms with Crippen LogP contribution in [0, 0.1) is 12.9 Å². The molecule has 0 bridgehead atoms. The number of fused-ring (bicyclic) bond motifs is 1. The highest BCUT2D eigenvalue weighted by atomic mass is 32.2. The fourth-order valence-corrected chi connectivity index (χ4v) is 3.89. The zero-order valence-electron chi connectivity index (χ0n) is 17.0. The Hall–Kier alpha value is -3.44. The highest BCUT2D eigenvalue weighted by molar-refractivity contribution is 7.89. The summed E-state index contributed by atoms with van der Waals surface area (Å²) in [4.78, 5) is 16.9. The van der Waals surface area contributed by atoms with E-state index in [-0.39, 0.29) is 22.4 Å². The van der Waals surface area contributed by atoms with Gasteiger partial charge in [0.25, 0.3) is 0 Å². The minimum absolute atomic E-state index is 0.00208. The third-order valence-electron chi connectivity index (χ3n) is 4.69. The average molecular weight is 441 g/mol. The molecule has 3 aromatic heterocycles. The average Bonchev–Trinajstić information content (AvgIpc) is 3.04. The number of aromatic nitrogens is 5. The lowest BCUT2D eigenvalue weighted by Crippen LogP contribution is -2.11. The fraction of sp³-hybridized carbons (Fsp3) is 0.200. The number of nitrogens with two attached hydrogens (primary N) is 1. The van der Waals surface area contributed by atoms with Crippen molar-refractivity contribution in [2.24, 2.45) is 5.14 Å². The second-order valence-corrected chi connectivity index (χ2v) is 8.81. The van der Waals surface area contributed by atoms with Crippen molar-refractivity contribution in [1.82, 2.24) is 24.5 Å². The smallest absolute Gasteiger partial charge is 0.241 e. The van der Waals surface area contributed by atoms with E-state index in [9.17, 15) is 12.8 Å². The van der Waals surface area contributed by atoms with Gasteiger partial charge >= 0.3 is 0 Å². The van der Waals surface area contributed by atoms with Crippen molar-refractivity contribution in [2.45, 2.75) is 31.7 Å². The number of anilines is 2. The quantitative estimate of drug-likeness (QED) is 0.455. The first-order valence-electron chi connectivity index (χ1n) is 9.42. The number of hydrogen-bond acceptors (Lipinski definition) is 7. The SMILES string of the molecule is Cc1nc2c(F)nc(-c3ccnc(Nc4ccc(S(N)(=O)=O)cc4)n3)cc2n1C(C)C. The third-order valence-corrected chi connectivity index (χ3v) is 5.61. The third kappa shape index (κ3) is 4.09. The monoisotopic (exact) mass is 441 g/mol. The molecule has 160 valence electrons. The van der Waals surface area contributed by atoms with Crippen molar-refractivity contribution < 1.29 is 12.8 Å². The van der Waals surface area contributed by atoms with Crippen LogP contribution in [0.1, 0.15) is 25.7 Å². The molecule has 4 aromatic rings. The lowest BCUT2D eigenvalue weighted by atomic mass is 10.2. The van der Waals surface area contributed by atoms with Crippen LogP contribution in [-0.2, 0) is 10.0 Å². The fourth-order valence-electron chi connectivity index (χ4n) is 3.37. The van der Waals surface area contributed by atoms with E-state index in [4.69, 9.17) is 5.14 Å². The lowest BCUT2D eigenvalue weighted by molar-refractivity contribution is 0.593. The summed E-state index contributed by atoms with van der Waals surface area (Å²) in [7, 11) is -3.78. The number of rotatable bonds is 5. The summed E-state index contributed by atoms with van der Waals surface area (Å²) >= 11 is 0. The zero-order valence-corrected chi connectivity index (χ0v) is 17.9. The molecule has 11 heteroatoms. The molecule has 0 aliphatic carbocycles. The predicted molar refractivity (Wildman–Crippen MR) is 115 cm³/mol. The molecule has 0 fully saturated rings. The molecule has 3 N–H and O–H groups in total. The van der Waals surface area contributed by atoms with Crippen LogP contribution in [-0.4, -0.2) is 32.9 Å². The van der Waals surface area contributed by atoms with E-state index in [2.05, 4.69) is 25.3 Å². The van der Waals surface area contributed by atoms with Gasteiger partial charge in [-0.1, -0.05) is 0 Å². The molecular weight excluding hydrogens is 421 g/mol. The molecule has 9 nitrogen and oxygen atoms in total. The molecule has 3 heterocycles. The van der Waals surface area contributed by atoms with E-state index < -0.39 is 16.0 Å². The molecule has 0 spiro atoms. The molecule has 0 atom stereocenters. The molecule has 0 radical (unpaired) electrons. The molecule has 0 saturated carbocycles. The second-order valence-electron chi connectivity index (χ2n) is 7.25. The predicted octanol–water partition coefficient (Wildman–Crippen LogP) is 3.31. The second kappa shape index (κ2) is 7.67. The Labute approximate surface area is 178 Å². The molecule has 0 aliphatic heterocycles. The van der Waals surface area contributed by atoms with Crippen molar-refractivity contribution in [1.29, 1.82) is 0 Å². The Balaban J connectivity index is 1.70. The number of nitrogens with zero attached hydrogens (tertiary/aromatic N) is 5. The van der Waals surface area contributed by atoms with Crippen LogP contribution >= 0.6 is 0 Å². The van der Waals surface area contributed by atoms with E-state index in [0.717, 1.165) is 0 Å². The summed E-state index contributed by atoms with van der Waals surface area (Å²) < 4.78 is 39.4. The van der Waals surface area contributed by atoms with Crippen molar-refractivity contribution in [3.8, 4) is 11.4 Å². The Morgan fingerprint density at radius 3 is 2.42 bits per heavy atom. The van der Waals surface area contributed by atoms with Crippen LogP contribution in [0.2, 0.25) is 0 Å². The van der Waals surface area contributed by atoms with Gasteiger partial charge in [-0.2, -0.15) is 4.39 Å². The van der Waals surface area contributed by atoms with Gasteiger partial charge in [-0.15, -0.1) is 0 Å². The summed E-state index contributed by atoms with van der Waals surface area (Å²) in [6.45, 7) is 5.83. The van der Waals surface area contributed by atoms with Gasteiger partial charge in [0.15, 0.2) is 0 Å². The minimum Gasteiger partial charge on any atom is -0.325 e. The summed E-state index contributed by atoms with van der Waals surface area (Å²) in [5, 5.41) is 8.09. The topological polar surface area (TPSA) is 129 Å². The molecule has 31 heavy (non-hydrogen) atoms. The first-order chi connectivity index (χ1) is 14.6. The van der Waals surface area contributed by atoms with Crippen LogP contribution in [0.15, 0.2) is 47.5 Å². The van der Waals surface area contributed by atoms with Crippen molar-refractivity contribution in [3.05, 3.63) is 54.4 Å². The number of benzene rings is 1. The van der Waals surface area contributed by atoms with E-state index in [1.54, 1.807) is 24.3 Å². The highest BCUT2D eigenvalue weighted by Crippen LogP contribution is 2.27. The first-order valence-corrected chi connectivity index (χ1v) is 11.0. The van der Waals surface area contributed by atoms with E-state index in [1.165, 1.54) is 18.3 Å². The normalized spacial score (nSPS) is 11.9. The molecule has 4 rings (SSSR count). The number of primary sulfonamides is 1. The van der Waals surface area contributed by atoms with Gasteiger partial charge < -0.3 is 9.88 Å². The number of pyridine rings is 1. The van der Waals surface area contributed by atoms with Gasteiger partial charge in [-0.3, -0.25) is 0 Å². The lowest BCUT2D eigenvalue weighted by Gasteiger charge is -2.11. The largest absolute Gasteiger partial charge is 0.325 e. The van der Waals surface area contributed by atoms with Gasteiger partial charge in [0, 0.05) is 17.9 Å². The van der Waals surface area contributed by atoms with Gasteiger partial charge in [0.2, 0.25) is 21.9 Å². The van der Waals surface area contributed by atoms with Crippen molar-refractivity contribution in [2.75, 3.05) is 5.32 Å². The van der Waals surface area contributed by atoms with Crippen molar-refractivity contribution >= 4 is 32.7 Å². The number of halogens is 1. The summed E-state index contributed by atoms with van der Waals surface area (Å²) in [5.41, 5.74) is 2.20. The number of imidazole rings is 1. The maximum absolute atomic E-state index is 14.7. The Morgan fingerprint density at radius 2 is 1.77 bits per heavy atom. The van der Waals surface area contributed by atoms with E-state index in [1.807, 2.05) is 25.3 Å². The molecule has 0 amide bonds. The van der Waals surface area contributed by atoms with Crippen LogP contribution in [0.4, 0.5) is 16.0 Å². The number of nitrogens with one attached hydrogen (secondary N) is 1. The summed E-state index contributed by atoms with van der Waals surface area (Å²) in [6, 6.07) is 9.33. The zero-order chi connectivity index (χ0) is 22.3. The van der Waals surface area contributed by atoms with Crippen LogP contribution in [0.5, 0.6) is 0 Å². The molecule has 0 aliphatic rings. The Morgan fingerprint density at radius 1 is 1.06 bits per heavy atom. The van der Waals surface area contributed by atoms with Gasteiger partial charge in [-0.25, -0.2) is 33.5 Å². The highest BCUT2D eigenvalue weighted by Gasteiger charge is 2.17. The number of sulfonamides is 1. The van der Waals surface area contributed by atoms with Gasteiger partial charge in [-0.05, 0) is 57.2 Å². The molecule has 1 aromatic carbocycles. The molecule has 0 unspecified atom stereocenters. The van der Waals surface area contributed by atoms with Crippen LogP contribution < -0.4 is 10.5 Å².